The molecular formula is C13H13BrINO2. The van der Waals surface area contributed by atoms with E-state index in [1.165, 1.54) is 5.56 Å². The molecule has 5 heteroatoms. The number of benzene rings is 1. The summed E-state index contributed by atoms with van der Waals surface area (Å²) in [5.41, 5.74) is 1.17. The number of hydrogen-bond donors (Lipinski definition) is 1. The van der Waals surface area contributed by atoms with Crippen LogP contribution >= 0.6 is 38.5 Å². The summed E-state index contributed by atoms with van der Waals surface area (Å²) in [4.78, 5) is 13.6. The SMILES string of the molecule is O=C1C(O)=CCC(I)N1CCc1ccccc1Br. The third-order valence-electron chi connectivity index (χ3n) is 2.90. The average Bonchev–Trinajstić information content (AvgIpc) is 2.36. The molecule has 0 saturated carbocycles. The summed E-state index contributed by atoms with van der Waals surface area (Å²) in [5.74, 6) is -0.400. The molecule has 18 heavy (non-hydrogen) atoms. The normalized spacial score (nSPS) is 19.9. The summed E-state index contributed by atoms with van der Waals surface area (Å²) < 4.78 is 1.17. The van der Waals surface area contributed by atoms with Crippen LogP contribution in [0.1, 0.15) is 12.0 Å². The summed E-state index contributed by atoms with van der Waals surface area (Å²) in [7, 11) is 0. The van der Waals surface area contributed by atoms with Gasteiger partial charge in [0.1, 0.15) is 0 Å². The molecule has 0 radical (unpaired) electrons. The first kappa shape index (κ1) is 13.9. The zero-order valence-electron chi connectivity index (χ0n) is 9.64. The minimum atomic E-state index is -0.271. The largest absolute Gasteiger partial charge is 0.503 e. The minimum Gasteiger partial charge on any atom is -0.503 e. The molecule has 96 valence electrons. The van der Waals surface area contributed by atoms with Crippen molar-refractivity contribution < 1.29 is 9.90 Å². The highest BCUT2D eigenvalue weighted by Crippen LogP contribution is 2.23. The van der Waals surface area contributed by atoms with E-state index in [2.05, 4.69) is 38.5 Å². The van der Waals surface area contributed by atoms with Crippen molar-refractivity contribution in [3.8, 4) is 0 Å². The second-order valence-corrected chi connectivity index (χ2v) is 6.39. The van der Waals surface area contributed by atoms with Gasteiger partial charge in [0, 0.05) is 11.0 Å². The summed E-state index contributed by atoms with van der Waals surface area (Å²) in [6.45, 7) is 0.618. The minimum absolute atomic E-state index is 0.119. The maximum atomic E-state index is 11.8. The first-order chi connectivity index (χ1) is 8.59. The van der Waals surface area contributed by atoms with Crippen LogP contribution in [0.25, 0.3) is 0 Å². The smallest absolute Gasteiger partial charge is 0.289 e. The second kappa shape index (κ2) is 6.06. The standard InChI is InChI=1S/C13H13BrINO2/c14-10-4-2-1-3-9(10)7-8-16-12(15)6-5-11(17)13(16)18/h1-5,12,17H,6-8H2. The first-order valence-electron chi connectivity index (χ1n) is 5.67. The molecule has 1 aliphatic rings. The van der Waals surface area contributed by atoms with E-state index >= 15 is 0 Å². The predicted molar refractivity (Wildman–Crippen MR) is 82.7 cm³/mol. The number of nitrogens with zero attached hydrogens (tertiary/aromatic N) is 1. The van der Waals surface area contributed by atoms with Gasteiger partial charge < -0.3 is 10.0 Å². The molecule has 2 rings (SSSR count). The van der Waals surface area contributed by atoms with E-state index in [1.54, 1.807) is 11.0 Å². The van der Waals surface area contributed by atoms with Gasteiger partial charge in [0.05, 0.1) is 4.05 Å². The number of carbonyl (C=O) groups excluding carboxylic acids is 1. The first-order valence-corrected chi connectivity index (χ1v) is 7.71. The lowest BCUT2D eigenvalue weighted by Crippen LogP contribution is -2.41. The van der Waals surface area contributed by atoms with Crippen LogP contribution in [0.4, 0.5) is 0 Å². The number of hydrogen-bond acceptors (Lipinski definition) is 2. The maximum absolute atomic E-state index is 11.8. The Morgan fingerprint density at radius 1 is 1.44 bits per heavy atom. The molecule has 0 aliphatic carbocycles. The molecule has 1 amide bonds. The fraction of sp³-hybridized carbons (Fsp3) is 0.308. The van der Waals surface area contributed by atoms with Crippen LogP contribution in [0.3, 0.4) is 0 Å². The van der Waals surface area contributed by atoms with Gasteiger partial charge in [0.25, 0.3) is 5.91 Å². The van der Waals surface area contributed by atoms with E-state index in [0.29, 0.717) is 13.0 Å². The van der Waals surface area contributed by atoms with E-state index in [1.807, 2.05) is 24.3 Å². The molecule has 1 aromatic carbocycles. The lowest BCUT2D eigenvalue weighted by Gasteiger charge is -2.30. The number of amides is 1. The molecule has 1 heterocycles. The number of aliphatic hydroxyl groups is 1. The lowest BCUT2D eigenvalue weighted by atomic mass is 10.1. The topological polar surface area (TPSA) is 40.5 Å². The van der Waals surface area contributed by atoms with Crippen LogP contribution in [-0.4, -0.2) is 26.5 Å². The van der Waals surface area contributed by atoms with Crippen LogP contribution in [0.5, 0.6) is 0 Å². The Morgan fingerprint density at radius 2 is 2.17 bits per heavy atom. The molecule has 3 nitrogen and oxygen atoms in total. The molecule has 0 bridgehead atoms. The summed E-state index contributed by atoms with van der Waals surface area (Å²) in [5, 5.41) is 9.47. The number of rotatable bonds is 3. The molecule has 0 aromatic heterocycles. The molecule has 1 atom stereocenters. The van der Waals surface area contributed by atoms with Crippen molar-refractivity contribution in [3.05, 3.63) is 46.1 Å². The second-order valence-electron chi connectivity index (χ2n) is 4.10. The van der Waals surface area contributed by atoms with E-state index in [9.17, 15) is 9.90 Å². The molecule has 1 N–H and O–H groups in total. The zero-order chi connectivity index (χ0) is 13.1. The Bertz CT molecular complexity index is 490. The van der Waals surface area contributed by atoms with E-state index in [0.717, 1.165) is 10.9 Å². The van der Waals surface area contributed by atoms with Crippen LogP contribution in [-0.2, 0) is 11.2 Å². The number of aliphatic hydroxyl groups excluding tert-OH is 1. The van der Waals surface area contributed by atoms with Crippen LogP contribution < -0.4 is 0 Å². The lowest BCUT2D eigenvalue weighted by molar-refractivity contribution is -0.131. The van der Waals surface area contributed by atoms with Gasteiger partial charge in [-0.1, -0.05) is 56.7 Å². The molecular weight excluding hydrogens is 409 g/mol. The highest BCUT2D eigenvalue weighted by Gasteiger charge is 2.27. The van der Waals surface area contributed by atoms with Gasteiger partial charge in [-0.15, -0.1) is 0 Å². The van der Waals surface area contributed by atoms with Gasteiger partial charge in [-0.2, -0.15) is 0 Å². The van der Waals surface area contributed by atoms with E-state index < -0.39 is 0 Å². The van der Waals surface area contributed by atoms with E-state index in [4.69, 9.17) is 0 Å². The van der Waals surface area contributed by atoms with Crippen molar-refractivity contribution in [2.24, 2.45) is 0 Å². The fourth-order valence-electron chi connectivity index (χ4n) is 1.88. The Balaban J connectivity index is 2.04. The van der Waals surface area contributed by atoms with Crippen molar-refractivity contribution in [3.63, 3.8) is 0 Å². The van der Waals surface area contributed by atoms with Gasteiger partial charge in [0.15, 0.2) is 5.76 Å². The van der Waals surface area contributed by atoms with Crippen LogP contribution in [0, 0.1) is 0 Å². The number of carbonyl (C=O) groups is 1. The van der Waals surface area contributed by atoms with Crippen molar-refractivity contribution in [1.82, 2.24) is 4.90 Å². The van der Waals surface area contributed by atoms with Gasteiger partial charge in [0.2, 0.25) is 0 Å². The maximum Gasteiger partial charge on any atom is 0.289 e. The molecule has 1 aliphatic heterocycles. The summed E-state index contributed by atoms with van der Waals surface area (Å²) >= 11 is 5.73. The third-order valence-corrected chi connectivity index (χ3v) is 4.86. The van der Waals surface area contributed by atoms with Crippen molar-refractivity contribution >= 4 is 44.4 Å². The van der Waals surface area contributed by atoms with Crippen LogP contribution in [0.2, 0.25) is 0 Å². The van der Waals surface area contributed by atoms with E-state index in [-0.39, 0.29) is 15.7 Å². The Morgan fingerprint density at radius 3 is 2.89 bits per heavy atom. The van der Waals surface area contributed by atoms with Crippen molar-refractivity contribution in [2.45, 2.75) is 16.9 Å². The summed E-state index contributed by atoms with van der Waals surface area (Å²) in [6, 6.07) is 7.98. The van der Waals surface area contributed by atoms with Crippen molar-refractivity contribution in [1.29, 1.82) is 0 Å². The Hall–Kier alpha value is -0.560. The third kappa shape index (κ3) is 3.06. The number of alkyl halides is 1. The molecule has 0 fully saturated rings. The van der Waals surface area contributed by atoms with Crippen LogP contribution in [0.15, 0.2) is 40.6 Å². The molecule has 0 saturated heterocycles. The van der Waals surface area contributed by atoms with Crippen molar-refractivity contribution in [2.75, 3.05) is 6.54 Å². The molecule has 0 spiro atoms. The fourth-order valence-corrected chi connectivity index (χ4v) is 3.15. The van der Waals surface area contributed by atoms with Gasteiger partial charge >= 0.3 is 0 Å². The quantitative estimate of drug-likeness (QED) is 0.461. The highest BCUT2D eigenvalue weighted by atomic mass is 127. The van der Waals surface area contributed by atoms with Gasteiger partial charge in [-0.3, -0.25) is 4.79 Å². The monoisotopic (exact) mass is 421 g/mol. The summed E-state index contributed by atoms with van der Waals surface area (Å²) in [6.07, 6.45) is 3.07. The molecule has 1 unspecified atom stereocenters. The van der Waals surface area contributed by atoms with Gasteiger partial charge in [-0.05, 0) is 30.5 Å². The average molecular weight is 422 g/mol. The zero-order valence-corrected chi connectivity index (χ0v) is 13.4. The molecule has 1 aromatic rings. The predicted octanol–water partition coefficient (Wildman–Crippen LogP) is 3.43. The van der Waals surface area contributed by atoms with Gasteiger partial charge in [-0.25, -0.2) is 0 Å². The number of halogens is 2. The Labute approximate surface area is 128 Å². The Kier molecular flexibility index (Phi) is 4.66. The highest BCUT2D eigenvalue weighted by molar-refractivity contribution is 14.1.